The molecule has 5 heteroatoms. The zero-order valence-corrected chi connectivity index (χ0v) is 10.7. The summed E-state index contributed by atoms with van der Waals surface area (Å²) in [5.41, 5.74) is 1.19. The van der Waals surface area contributed by atoms with Crippen LogP contribution >= 0.6 is 11.8 Å². The molecule has 1 fully saturated rings. The normalized spacial score (nSPS) is 23.2. The molecular weight excluding hydrogens is 222 g/mol. The van der Waals surface area contributed by atoms with Gasteiger partial charge in [-0.05, 0) is 13.2 Å². The van der Waals surface area contributed by atoms with E-state index in [1.165, 1.54) is 5.69 Å². The van der Waals surface area contributed by atoms with Crippen LogP contribution in [0.2, 0.25) is 0 Å². The van der Waals surface area contributed by atoms with Crippen LogP contribution in [0.25, 0.3) is 0 Å². The molecule has 0 amide bonds. The van der Waals surface area contributed by atoms with Gasteiger partial charge in [0.15, 0.2) is 0 Å². The lowest BCUT2D eigenvalue weighted by Crippen LogP contribution is -2.34. The molecule has 0 aliphatic carbocycles. The highest BCUT2D eigenvalue weighted by Gasteiger charge is 2.21. The number of hydrogen-bond donors (Lipinski definition) is 1. The molecule has 2 heterocycles. The number of morpholine rings is 1. The molecule has 4 nitrogen and oxygen atoms in total. The highest BCUT2D eigenvalue weighted by atomic mass is 32.2. The monoisotopic (exact) mass is 241 g/mol. The van der Waals surface area contributed by atoms with Crippen molar-refractivity contribution >= 4 is 11.8 Å². The van der Waals surface area contributed by atoms with Crippen molar-refractivity contribution in [3.63, 3.8) is 0 Å². The minimum atomic E-state index is 0.153. The van der Waals surface area contributed by atoms with Crippen molar-refractivity contribution in [3.05, 3.63) is 18.2 Å². The van der Waals surface area contributed by atoms with E-state index in [-0.39, 0.29) is 6.10 Å². The summed E-state index contributed by atoms with van der Waals surface area (Å²) in [5.74, 6) is 1.10. The number of ether oxygens (including phenoxy) is 1. The number of nitrogens with one attached hydrogen (secondary N) is 1. The highest BCUT2D eigenvalue weighted by molar-refractivity contribution is 7.98. The molecule has 2 rings (SSSR count). The Bertz CT molecular complexity index is 323. The van der Waals surface area contributed by atoms with Crippen molar-refractivity contribution in [3.8, 4) is 0 Å². The molecule has 0 spiro atoms. The number of nitrogens with zero attached hydrogens (tertiary/aromatic N) is 2. The molecule has 0 radical (unpaired) electrons. The zero-order valence-electron chi connectivity index (χ0n) is 9.85. The summed E-state index contributed by atoms with van der Waals surface area (Å²) >= 11 is 1.86. The molecule has 1 aromatic rings. The predicted octanol–water partition coefficient (Wildman–Crippen LogP) is 1.47. The van der Waals surface area contributed by atoms with Crippen LogP contribution in [0.5, 0.6) is 0 Å². The van der Waals surface area contributed by atoms with E-state index in [0.29, 0.717) is 6.04 Å². The molecule has 1 aromatic heterocycles. The first-order chi connectivity index (χ1) is 7.83. The second-order valence-electron chi connectivity index (χ2n) is 4.09. The van der Waals surface area contributed by atoms with Crippen LogP contribution in [0.3, 0.4) is 0 Å². The lowest BCUT2D eigenvalue weighted by molar-refractivity contribution is 0.0223. The summed E-state index contributed by atoms with van der Waals surface area (Å²) in [6.45, 7) is 4.84. The zero-order chi connectivity index (χ0) is 11.4. The van der Waals surface area contributed by atoms with Crippen molar-refractivity contribution in [2.24, 2.45) is 0 Å². The van der Waals surface area contributed by atoms with Gasteiger partial charge in [0.05, 0.1) is 24.8 Å². The topological polar surface area (TPSA) is 39.1 Å². The standard InChI is InChI=1S/C11H19N3OS/c1-9(7-16-2)14-8-13-5-10(14)11-6-12-3-4-15-11/h5,8-9,11-12H,3-4,6-7H2,1-2H3. The number of hydrogen-bond acceptors (Lipinski definition) is 4. The van der Waals surface area contributed by atoms with E-state index in [1.54, 1.807) is 0 Å². The second kappa shape index (κ2) is 5.70. The van der Waals surface area contributed by atoms with E-state index in [2.05, 4.69) is 28.0 Å². The fourth-order valence-corrected chi connectivity index (χ4v) is 2.65. The molecule has 0 saturated carbocycles. The van der Waals surface area contributed by atoms with Gasteiger partial charge in [-0.3, -0.25) is 0 Å². The van der Waals surface area contributed by atoms with E-state index in [0.717, 1.165) is 25.4 Å². The number of rotatable bonds is 4. The maximum Gasteiger partial charge on any atom is 0.111 e. The average molecular weight is 241 g/mol. The van der Waals surface area contributed by atoms with E-state index in [9.17, 15) is 0 Å². The summed E-state index contributed by atoms with van der Waals surface area (Å²) in [4.78, 5) is 4.25. The molecule has 90 valence electrons. The Balaban J connectivity index is 2.11. The van der Waals surface area contributed by atoms with Gasteiger partial charge in [0, 0.05) is 24.9 Å². The Kier molecular flexibility index (Phi) is 4.26. The Morgan fingerprint density at radius 3 is 3.31 bits per heavy atom. The van der Waals surface area contributed by atoms with Crippen molar-refractivity contribution in [2.45, 2.75) is 19.1 Å². The Morgan fingerprint density at radius 2 is 2.62 bits per heavy atom. The summed E-state index contributed by atoms with van der Waals surface area (Å²) in [6, 6.07) is 0.470. The van der Waals surface area contributed by atoms with E-state index < -0.39 is 0 Å². The average Bonchev–Trinajstić information content (AvgIpc) is 2.79. The SMILES string of the molecule is CSCC(C)n1cncc1C1CNCCO1. The first-order valence-electron chi connectivity index (χ1n) is 5.66. The first kappa shape index (κ1) is 12.0. The van der Waals surface area contributed by atoms with E-state index in [1.807, 2.05) is 24.3 Å². The first-order valence-corrected chi connectivity index (χ1v) is 7.05. The molecule has 0 bridgehead atoms. The predicted molar refractivity (Wildman–Crippen MR) is 66.9 cm³/mol. The van der Waals surface area contributed by atoms with Crippen LogP contribution < -0.4 is 5.32 Å². The third-order valence-electron chi connectivity index (χ3n) is 2.84. The third kappa shape index (κ3) is 2.59. The van der Waals surface area contributed by atoms with E-state index >= 15 is 0 Å². The molecule has 1 N–H and O–H groups in total. The molecule has 1 aliphatic heterocycles. The van der Waals surface area contributed by atoms with Crippen LogP contribution in [0.15, 0.2) is 12.5 Å². The van der Waals surface area contributed by atoms with Crippen LogP contribution in [0, 0.1) is 0 Å². The number of aromatic nitrogens is 2. The minimum Gasteiger partial charge on any atom is -0.369 e. The Morgan fingerprint density at radius 1 is 1.75 bits per heavy atom. The van der Waals surface area contributed by atoms with Gasteiger partial charge in [0.2, 0.25) is 0 Å². The van der Waals surface area contributed by atoms with Gasteiger partial charge in [0.1, 0.15) is 6.10 Å². The second-order valence-corrected chi connectivity index (χ2v) is 5.00. The lowest BCUT2D eigenvalue weighted by atomic mass is 10.2. The number of thioether (sulfide) groups is 1. The maximum atomic E-state index is 5.76. The number of imidazole rings is 1. The fraction of sp³-hybridized carbons (Fsp3) is 0.727. The molecular formula is C11H19N3OS. The summed E-state index contributed by atoms with van der Waals surface area (Å²) in [6.07, 6.45) is 6.12. The molecule has 1 saturated heterocycles. The minimum absolute atomic E-state index is 0.153. The summed E-state index contributed by atoms with van der Waals surface area (Å²) in [7, 11) is 0. The van der Waals surface area contributed by atoms with Crippen molar-refractivity contribution in [1.29, 1.82) is 0 Å². The van der Waals surface area contributed by atoms with Gasteiger partial charge in [-0.2, -0.15) is 11.8 Å². The van der Waals surface area contributed by atoms with Gasteiger partial charge in [-0.1, -0.05) is 0 Å². The quantitative estimate of drug-likeness (QED) is 0.866. The van der Waals surface area contributed by atoms with Gasteiger partial charge >= 0.3 is 0 Å². The lowest BCUT2D eigenvalue weighted by Gasteiger charge is -2.26. The van der Waals surface area contributed by atoms with Gasteiger partial charge in [-0.25, -0.2) is 4.98 Å². The molecule has 2 unspecified atom stereocenters. The van der Waals surface area contributed by atoms with Crippen LogP contribution in [0.1, 0.15) is 24.8 Å². The van der Waals surface area contributed by atoms with Crippen molar-refractivity contribution in [2.75, 3.05) is 31.7 Å². The molecule has 1 aliphatic rings. The Labute approximate surface area is 101 Å². The smallest absolute Gasteiger partial charge is 0.111 e. The molecule has 2 atom stereocenters. The molecule has 16 heavy (non-hydrogen) atoms. The summed E-state index contributed by atoms with van der Waals surface area (Å²) < 4.78 is 7.99. The highest BCUT2D eigenvalue weighted by Crippen LogP contribution is 2.22. The van der Waals surface area contributed by atoms with E-state index in [4.69, 9.17) is 4.74 Å². The van der Waals surface area contributed by atoms with Gasteiger partial charge < -0.3 is 14.6 Å². The summed E-state index contributed by atoms with van der Waals surface area (Å²) in [5, 5.41) is 3.35. The maximum absolute atomic E-state index is 5.76. The molecule has 0 aromatic carbocycles. The van der Waals surface area contributed by atoms with Crippen molar-refractivity contribution < 1.29 is 4.74 Å². The van der Waals surface area contributed by atoms with Crippen LogP contribution in [0.4, 0.5) is 0 Å². The van der Waals surface area contributed by atoms with Gasteiger partial charge in [-0.15, -0.1) is 0 Å². The van der Waals surface area contributed by atoms with Crippen LogP contribution in [-0.2, 0) is 4.74 Å². The van der Waals surface area contributed by atoms with Gasteiger partial charge in [0.25, 0.3) is 0 Å². The van der Waals surface area contributed by atoms with Crippen molar-refractivity contribution in [1.82, 2.24) is 14.9 Å². The Hall–Kier alpha value is -0.520. The fourth-order valence-electron chi connectivity index (χ4n) is 2.01. The largest absolute Gasteiger partial charge is 0.369 e. The third-order valence-corrected chi connectivity index (χ3v) is 3.65. The van der Waals surface area contributed by atoms with Crippen LogP contribution in [-0.4, -0.2) is 41.3 Å².